The number of amidine groups is 1. The minimum absolute atomic E-state index is 0.259. The molecule has 0 heterocycles. The van der Waals surface area contributed by atoms with Crippen LogP contribution in [0, 0.1) is 11.5 Å². The molecule has 0 atom stereocenters. The number of aliphatic imine (C=N–C) groups is 1. The molecule has 1 aromatic rings. The molecule has 0 spiro atoms. The largest absolute Gasteiger partial charge is 0.444 e. The van der Waals surface area contributed by atoms with Crippen LogP contribution in [0.5, 0.6) is 0 Å². The second-order valence-electron chi connectivity index (χ2n) is 5.56. The van der Waals surface area contributed by atoms with E-state index in [1.807, 2.05) is 45.0 Å². The predicted octanol–water partition coefficient (Wildman–Crippen LogP) is 2.09. The average Bonchev–Trinajstić information content (AvgIpc) is 2.35. The number of ether oxygens (including phenoxy) is 1. The maximum Gasteiger partial charge on any atom is 0.407 e. The molecule has 0 aromatic heterocycles. The number of hydrogen-bond acceptors (Lipinski definition) is 4. The molecule has 0 aliphatic heterocycles. The number of benzene rings is 1. The molecule has 21 heavy (non-hydrogen) atoms. The van der Waals surface area contributed by atoms with Crippen LogP contribution in [0.4, 0.5) is 4.79 Å². The molecule has 1 amide bonds. The summed E-state index contributed by atoms with van der Waals surface area (Å²) in [5.74, 6) is 0.259. The summed E-state index contributed by atoms with van der Waals surface area (Å²) in [6, 6.07) is 7.54. The fraction of sp³-hybridized carbons (Fsp3) is 0.400. The van der Waals surface area contributed by atoms with E-state index in [-0.39, 0.29) is 5.84 Å². The van der Waals surface area contributed by atoms with Gasteiger partial charge in [0, 0.05) is 13.0 Å². The van der Waals surface area contributed by atoms with Gasteiger partial charge in [-0.1, -0.05) is 24.3 Å². The summed E-state index contributed by atoms with van der Waals surface area (Å²) in [5.41, 5.74) is 6.92. The molecule has 0 saturated carbocycles. The summed E-state index contributed by atoms with van der Waals surface area (Å²) >= 11 is 0. The molecule has 1 rings (SSSR count). The van der Waals surface area contributed by atoms with E-state index in [4.69, 9.17) is 15.7 Å². The van der Waals surface area contributed by atoms with E-state index < -0.39 is 11.7 Å². The van der Waals surface area contributed by atoms with Crippen molar-refractivity contribution in [2.45, 2.75) is 39.3 Å². The summed E-state index contributed by atoms with van der Waals surface area (Å²) in [4.78, 5) is 15.0. The van der Waals surface area contributed by atoms with Crippen LogP contribution in [0.25, 0.3) is 0 Å². The molecular formula is C15H20N4O2. The maximum atomic E-state index is 11.6. The number of nitriles is 1. The summed E-state index contributed by atoms with van der Waals surface area (Å²) < 4.78 is 5.16. The van der Waals surface area contributed by atoms with Gasteiger partial charge in [-0.05, 0) is 31.9 Å². The molecule has 112 valence electrons. The van der Waals surface area contributed by atoms with E-state index in [0.717, 1.165) is 11.1 Å². The van der Waals surface area contributed by atoms with E-state index in [1.165, 1.54) is 0 Å². The van der Waals surface area contributed by atoms with Gasteiger partial charge < -0.3 is 15.8 Å². The van der Waals surface area contributed by atoms with E-state index in [2.05, 4.69) is 10.3 Å². The van der Waals surface area contributed by atoms with E-state index in [9.17, 15) is 4.79 Å². The van der Waals surface area contributed by atoms with Crippen molar-refractivity contribution >= 4 is 11.9 Å². The summed E-state index contributed by atoms with van der Waals surface area (Å²) in [6.45, 7) is 5.79. The number of rotatable bonds is 4. The van der Waals surface area contributed by atoms with Crippen LogP contribution in [0.15, 0.2) is 29.3 Å². The van der Waals surface area contributed by atoms with Crippen molar-refractivity contribution in [3.05, 3.63) is 35.4 Å². The third-order valence-electron chi connectivity index (χ3n) is 2.41. The van der Waals surface area contributed by atoms with Crippen molar-refractivity contribution in [2.24, 2.45) is 10.7 Å². The van der Waals surface area contributed by atoms with Crippen molar-refractivity contribution in [1.82, 2.24) is 5.32 Å². The first-order valence-corrected chi connectivity index (χ1v) is 6.56. The van der Waals surface area contributed by atoms with E-state index >= 15 is 0 Å². The number of carbonyl (C=O) groups is 1. The van der Waals surface area contributed by atoms with Gasteiger partial charge in [0.1, 0.15) is 11.4 Å². The Hall–Kier alpha value is -2.55. The highest BCUT2D eigenvalue weighted by atomic mass is 16.6. The average molecular weight is 288 g/mol. The molecule has 0 unspecified atom stereocenters. The molecular weight excluding hydrogens is 268 g/mol. The molecule has 0 aliphatic carbocycles. The van der Waals surface area contributed by atoms with Gasteiger partial charge in [-0.2, -0.15) is 10.3 Å². The Morgan fingerprint density at radius 3 is 2.71 bits per heavy atom. The molecule has 0 bridgehead atoms. The lowest BCUT2D eigenvalue weighted by Gasteiger charge is -2.19. The van der Waals surface area contributed by atoms with Crippen molar-refractivity contribution < 1.29 is 9.53 Å². The topological polar surface area (TPSA) is 100 Å². The molecule has 6 nitrogen and oxygen atoms in total. The number of nitrogens with one attached hydrogen (secondary N) is 1. The van der Waals surface area contributed by atoms with Crippen LogP contribution in [-0.4, -0.2) is 17.5 Å². The lowest BCUT2D eigenvalue weighted by molar-refractivity contribution is 0.0523. The number of nitrogens with zero attached hydrogens (tertiary/aromatic N) is 2. The Kier molecular flexibility index (Phi) is 5.73. The van der Waals surface area contributed by atoms with E-state index in [0.29, 0.717) is 13.0 Å². The molecule has 0 saturated heterocycles. The molecule has 6 heteroatoms. The Labute approximate surface area is 124 Å². The van der Waals surface area contributed by atoms with Crippen LogP contribution >= 0.6 is 0 Å². The fourth-order valence-corrected chi connectivity index (χ4v) is 1.65. The SMILES string of the molecule is CC(C)(C)OC(=O)NCc1cccc(CC(N)=NC#N)c1. The van der Waals surface area contributed by atoms with Crippen LogP contribution in [-0.2, 0) is 17.7 Å². The smallest absolute Gasteiger partial charge is 0.407 e. The predicted molar refractivity (Wildman–Crippen MR) is 80.5 cm³/mol. The molecule has 1 aromatic carbocycles. The van der Waals surface area contributed by atoms with Gasteiger partial charge in [-0.15, -0.1) is 0 Å². The minimum atomic E-state index is -0.520. The number of carbonyl (C=O) groups excluding carboxylic acids is 1. The van der Waals surface area contributed by atoms with Crippen molar-refractivity contribution in [1.29, 1.82) is 5.26 Å². The lowest BCUT2D eigenvalue weighted by atomic mass is 10.1. The molecule has 0 fully saturated rings. The zero-order chi connectivity index (χ0) is 15.9. The van der Waals surface area contributed by atoms with Gasteiger partial charge in [0.15, 0.2) is 0 Å². The molecule has 3 N–H and O–H groups in total. The van der Waals surface area contributed by atoms with Crippen LogP contribution < -0.4 is 11.1 Å². The van der Waals surface area contributed by atoms with E-state index in [1.54, 1.807) is 6.19 Å². The zero-order valence-electron chi connectivity index (χ0n) is 12.5. The summed E-state index contributed by atoms with van der Waals surface area (Å²) in [6.07, 6.45) is 1.59. The monoisotopic (exact) mass is 288 g/mol. The zero-order valence-corrected chi connectivity index (χ0v) is 12.5. The van der Waals surface area contributed by atoms with Gasteiger partial charge in [0.2, 0.25) is 6.19 Å². The Morgan fingerprint density at radius 1 is 1.43 bits per heavy atom. The van der Waals surface area contributed by atoms with Crippen molar-refractivity contribution in [2.75, 3.05) is 0 Å². The van der Waals surface area contributed by atoms with Crippen molar-refractivity contribution in [3.63, 3.8) is 0 Å². The van der Waals surface area contributed by atoms with Crippen LogP contribution in [0.3, 0.4) is 0 Å². The first-order valence-electron chi connectivity index (χ1n) is 6.56. The number of alkyl carbamates (subject to hydrolysis) is 1. The standard InChI is InChI=1S/C15H20N4O2/c1-15(2,3)21-14(20)18-9-12-6-4-5-11(7-12)8-13(17)19-10-16/h4-7H,8-9H2,1-3H3,(H2,17,19)(H,18,20). The summed E-state index contributed by atoms with van der Waals surface area (Å²) in [7, 11) is 0. The van der Waals surface area contributed by atoms with Crippen molar-refractivity contribution in [3.8, 4) is 6.19 Å². The Morgan fingerprint density at radius 2 is 2.10 bits per heavy atom. The number of amides is 1. The summed E-state index contributed by atoms with van der Waals surface area (Å²) in [5, 5.41) is 11.1. The normalized spacial score (nSPS) is 11.6. The highest BCUT2D eigenvalue weighted by Crippen LogP contribution is 2.08. The third-order valence-corrected chi connectivity index (χ3v) is 2.41. The van der Waals surface area contributed by atoms with Gasteiger partial charge >= 0.3 is 6.09 Å². The quantitative estimate of drug-likeness (QED) is 0.503. The first kappa shape index (κ1) is 16.5. The lowest BCUT2D eigenvalue weighted by Crippen LogP contribution is -2.32. The Bertz CT molecular complexity index is 568. The molecule has 0 aliphatic rings. The van der Waals surface area contributed by atoms with Gasteiger partial charge in [0.25, 0.3) is 0 Å². The fourth-order valence-electron chi connectivity index (χ4n) is 1.65. The van der Waals surface area contributed by atoms with Gasteiger partial charge in [-0.3, -0.25) is 0 Å². The van der Waals surface area contributed by atoms with Gasteiger partial charge in [-0.25, -0.2) is 4.79 Å². The minimum Gasteiger partial charge on any atom is -0.444 e. The highest BCUT2D eigenvalue weighted by Gasteiger charge is 2.15. The van der Waals surface area contributed by atoms with Gasteiger partial charge in [0.05, 0.1) is 0 Å². The first-order chi connectivity index (χ1) is 9.80. The maximum absolute atomic E-state index is 11.6. The van der Waals surface area contributed by atoms with Crippen LogP contribution in [0.1, 0.15) is 31.9 Å². The number of nitrogens with two attached hydrogens (primary N) is 1. The second kappa shape index (κ2) is 7.29. The number of hydrogen-bond donors (Lipinski definition) is 2. The highest BCUT2D eigenvalue weighted by molar-refractivity contribution is 5.83. The molecule has 0 radical (unpaired) electrons. The third kappa shape index (κ3) is 6.97. The Balaban J connectivity index is 2.59. The second-order valence-corrected chi connectivity index (χ2v) is 5.56. The van der Waals surface area contributed by atoms with Crippen LogP contribution in [0.2, 0.25) is 0 Å².